The molecule has 27 heavy (non-hydrogen) atoms. The number of nitrogens with one attached hydrogen (secondary N) is 3. The number of rotatable bonds is 9. The van der Waals surface area contributed by atoms with Gasteiger partial charge in [-0.25, -0.2) is 4.68 Å². The number of amides is 2. The van der Waals surface area contributed by atoms with Crippen LogP contribution in [0.3, 0.4) is 0 Å². The molecule has 0 spiro atoms. The van der Waals surface area contributed by atoms with E-state index in [-0.39, 0.29) is 23.2 Å². The molecule has 1 heterocycles. The molecular formula is C18H20Cl2N4O3. The van der Waals surface area contributed by atoms with E-state index in [2.05, 4.69) is 22.3 Å². The fraction of sp³-hybridized carbons (Fsp3) is 0.278. The van der Waals surface area contributed by atoms with Crippen LogP contribution in [-0.4, -0.2) is 28.1 Å². The lowest BCUT2D eigenvalue weighted by Crippen LogP contribution is -2.21. The van der Waals surface area contributed by atoms with Crippen molar-refractivity contribution in [1.82, 2.24) is 15.1 Å². The highest BCUT2D eigenvalue weighted by molar-refractivity contribution is 6.34. The number of aromatic nitrogens is 2. The molecule has 9 heteroatoms. The van der Waals surface area contributed by atoms with Gasteiger partial charge in [0.1, 0.15) is 5.82 Å². The maximum atomic E-state index is 12.1. The highest BCUT2D eigenvalue weighted by Crippen LogP contribution is 2.23. The summed E-state index contributed by atoms with van der Waals surface area (Å²) in [7, 11) is 0. The van der Waals surface area contributed by atoms with Gasteiger partial charge in [-0.15, -0.1) is 0 Å². The Labute approximate surface area is 166 Å². The molecule has 2 rings (SSSR count). The number of benzene rings is 1. The molecular weight excluding hydrogens is 391 g/mol. The minimum absolute atomic E-state index is 0.207. The minimum atomic E-state index is -0.368. The van der Waals surface area contributed by atoms with Crippen molar-refractivity contribution in [2.45, 2.75) is 25.7 Å². The van der Waals surface area contributed by atoms with Crippen LogP contribution in [0, 0.1) is 0 Å². The van der Waals surface area contributed by atoms with E-state index < -0.39 is 0 Å². The maximum Gasteiger partial charge on any atom is 0.273 e. The monoisotopic (exact) mass is 410 g/mol. The van der Waals surface area contributed by atoms with Gasteiger partial charge in [0.2, 0.25) is 11.8 Å². The molecule has 0 saturated heterocycles. The molecule has 0 fully saturated rings. The molecule has 0 aliphatic heterocycles. The second-order valence-corrected chi connectivity index (χ2v) is 6.64. The van der Waals surface area contributed by atoms with Gasteiger partial charge in [-0.2, -0.15) is 0 Å². The van der Waals surface area contributed by atoms with Crippen LogP contribution in [-0.2, 0) is 9.59 Å². The third-order valence-electron chi connectivity index (χ3n) is 3.71. The Morgan fingerprint density at radius 2 is 1.96 bits per heavy atom. The molecule has 2 amide bonds. The van der Waals surface area contributed by atoms with Crippen molar-refractivity contribution >= 4 is 40.8 Å². The summed E-state index contributed by atoms with van der Waals surface area (Å²) >= 11 is 12.0. The summed E-state index contributed by atoms with van der Waals surface area (Å²) in [5.74, 6) is -0.143. The normalized spacial score (nSPS) is 10.4. The van der Waals surface area contributed by atoms with Crippen molar-refractivity contribution < 1.29 is 9.59 Å². The zero-order chi connectivity index (χ0) is 19.8. The number of unbranched alkanes of at least 4 members (excludes halogenated alkanes) is 2. The number of nitrogens with zero attached hydrogens (tertiary/aromatic N) is 1. The van der Waals surface area contributed by atoms with E-state index in [1.807, 2.05) is 0 Å². The van der Waals surface area contributed by atoms with E-state index in [0.717, 1.165) is 12.8 Å². The molecule has 1 aromatic heterocycles. The van der Waals surface area contributed by atoms with Gasteiger partial charge in [0.25, 0.3) is 5.56 Å². The van der Waals surface area contributed by atoms with Gasteiger partial charge < -0.3 is 10.6 Å². The molecule has 0 aliphatic carbocycles. The first-order chi connectivity index (χ1) is 12.9. The molecule has 3 N–H and O–H groups in total. The standard InChI is InChI=1S/C18H20Cl2N4O3/c1-2-16(25)21-9-5-3-4-6-17(26)22-15-11-18(27)24(23-15)14-10-12(19)7-8-13(14)20/h2,7-8,10-11,23H,1,3-6,9H2,(H,21,25)(H,22,26). The Morgan fingerprint density at radius 3 is 2.70 bits per heavy atom. The van der Waals surface area contributed by atoms with Gasteiger partial charge in [0.15, 0.2) is 0 Å². The Bertz CT molecular complexity index is 889. The largest absolute Gasteiger partial charge is 0.353 e. The molecule has 144 valence electrons. The smallest absolute Gasteiger partial charge is 0.273 e. The van der Waals surface area contributed by atoms with Crippen molar-refractivity contribution in [3.63, 3.8) is 0 Å². The fourth-order valence-electron chi connectivity index (χ4n) is 2.38. The highest BCUT2D eigenvalue weighted by Gasteiger charge is 2.11. The van der Waals surface area contributed by atoms with E-state index in [1.54, 1.807) is 18.2 Å². The summed E-state index contributed by atoms with van der Waals surface area (Å²) in [6.07, 6.45) is 3.76. The van der Waals surface area contributed by atoms with Crippen LogP contribution in [0.25, 0.3) is 5.69 Å². The average molecular weight is 411 g/mol. The summed E-state index contributed by atoms with van der Waals surface area (Å²) in [6, 6.07) is 6.04. The summed E-state index contributed by atoms with van der Waals surface area (Å²) in [5.41, 5.74) is 0.0312. The van der Waals surface area contributed by atoms with Crippen molar-refractivity contribution in [3.8, 4) is 5.69 Å². The Morgan fingerprint density at radius 1 is 1.19 bits per heavy atom. The van der Waals surface area contributed by atoms with Crippen LogP contribution < -0.4 is 16.2 Å². The molecule has 0 radical (unpaired) electrons. The van der Waals surface area contributed by atoms with Crippen LogP contribution >= 0.6 is 23.2 Å². The van der Waals surface area contributed by atoms with Crippen LogP contribution in [0.4, 0.5) is 5.82 Å². The summed E-state index contributed by atoms with van der Waals surface area (Å²) in [5, 5.41) is 8.91. The van der Waals surface area contributed by atoms with E-state index in [4.69, 9.17) is 23.2 Å². The van der Waals surface area contributed by atoms with Crippen LogP contribution in [0.2, 0.25) is 10.0 Å². The van der Waals surface area contributed by atoms with Crippen molar-refractivity contribution in [2.24, 2.45) is 0 Å². The number of hydrogen-bond donors (Lipinski definition) is 3. The number of carbonyl (C=O) groups excluding carboxylic acids is 2. The maximum absolute atomic E-state index is 12.1. The molecule has 0 aliphatic rings. The van der Waals surface area contributed by atoms with Crippen molar-refractivity contribution in [3.05, 3.63) is 57.3 Å². The quantitative estimate of drug-likeness (QED) is 0.437. The Hall–Kier alpha value is -2.51. The number of hydrogen-bond acceptors (Lipinski definition) is 3. The van der Waals surface area contributed by atoms with Crippen molar-refractivity contribution in [1.29, 1.82) is 0 Å². The van der Waals surface area contributed by atoms with E-state index >= 15 is 0 Å². The number of H-pyrrole nitrogens is 1. The zero-order valence-corrected chi connectivity index (χ0v) is 16.1. The predicted molar refractivity (Wildman–Crippen MR) is 107 cm³/mol. The van der Waals surface area contributed by atoms with Gasteiger partial charge in [-0.05, 0) is 37.1 Å². The van der Waals surface area contributed by atoms with E-state index in [0.29, 0.717) is 35.1 Å². The summed E-state index contributed by atoms with van der Waals surface area (Å²) in [4.78, 5) is 35.1. The molecule has 0 unspecified atom stereocenters. The highest BCUT2D eigenvalue weighted by atomic mass is 35.5. The third kappa shape index (κ3) is 6.30. The summed E-state index contributed by atoms with van der Waals surface area (Å²) in [6.45, 7) is 3.91. The molecule has 7 nitrogen and oxygen atoms in total. The molecule has 0 atom stereocenters. The van der Waals surface area contributed by atoms with Crippen LogP contribution in [0.1, 0.15) is 25.7 Å². The Balaban J connectivity index is 1.85. The van der Waals surface area contributed by atoms with E-state index in [9.17, 15) is 14.4 Å². The third-order valence-corrected chi connectivity index (χ3v) is 4.26. The zero-order valence-electron chi connectivity index (χ0n) is 14.6. The molecule has 2 aromatic rings. The number of anilines is 1. The van der Waals surface area contributed by atoms with Gasteiger partial charge in [0.05, 0.1) is 10.7 Å². The molecule has 1 aromatic carbocycles. The fourth-order valence-corrected chi connectivity index (χ4v) is 2.75. The number of aromatic amines is 1. The van der Waals surface area contributed by atoms with E-state index in [1.165, 1.54) is 16.8 Å². The van der Waals surface area contributed by atoms with Gasteiger partial charge in [-0.1, -0.05) is 36.2 Å². The number of halogens is 2. The van der Waals surface area contributed by atoms with Gasteiger partial charge in [0, 0.05) is 24.1 Å². The van der Waals surface area contributed by atoms with Gasteiger partial charge >= 0.3 is 0 Å². The topological polar surface area (TPSA) is 96.0 Å². The minimum Gasteiger partial charge on any atom is -0.353 e. The van der Waals surface area contributed by atoms with Crippen molar-refractivity contribution in [2.75, 3.05) is 11.9 Å². The lowest BCUT2D eigenvalue weighted by atomic mass is 10.2. The SMILES string of the molecule is C=CC(=O)NCCCCCC(=O)Nc1cc(=O)n(-c2cc(Cl)ccc2Cl)[nH]1. The van der Waals surface area contributed by atoms with Crippen LogP contribution in [0.5, 0.6) is 0 Å². The summed E-state index contributed by atoms with van der Waals surface area (Å²) < 4.78 is 1.21. The molecule has 0 saturated carbocycles. The Kier molecular flexibility index (Phi) is 7.69. The first-order valence-corrected chi connectivity index (χ1v) is 9.14. The lowest BCUT2D eigenvalue weighted by molar-refractivity contribution is -0.117. The average Bonchev–Trinajstić information content (AvgIpc) is 2.99. The molecule has 0 bridgehead atoms. The van der Waals surface area contributed by atoms with Gasteiger partial charge in [-0.3, -0.25) is 19.5 Å². The first-order valence-electron chi connectivity index (χ1n) is 8.38. The second kappa shape index (κ2) is 9.99. The second-order valence-electron chi connectivity index (χ2n) is 5.79. The first kappa shape index (κ1) is 20.8. The number of carbonyl (C=O) groups is 2. The lowest BCUT2D eigenvalue weighted by Gasteiger charge is -2.06. The van der Waals surface area contributed by atoms with Crippen LogP contribution in [0.15, 0.2) is 41.7 Å². The predicted octanol–water partition coefficient (Wildman–Crippen LogP) is 3.27.